The molecule has 0 amide bonds. The van der Waals surface area contributed by atoms with E-state index >= 15 is 0 Å². The van der Waals surface area contributed by atoms with Gasteiger partial charge in [0.1, 0.15) is 0 Å². The molecule has 26 heavy (non-hydrogen) atoms. The van der Waals surface area contributed by atoms with Crippen molar-refractivity contribution in [3.05, 3.63) is 29.3 Å². The molecular weight excluding hydrogens is 360 g/mol. The fraction of sp³-hybridized carbons (Fsp3) is 0.529. The Hall–Kier alpha value is -1.97. The minimum absolute atomic E-state index is 0.0420. The van der Waals surface area contributed by atoms with Crippen LogP contribution in [0.25, 0.3) is 0 Å². The number of carboxylic acids is 1. The maximum Gasteiger partial charge on any atom is 0.337 e. The lowest BCUT2D eigenvalue weighted by Gasteiger charge is -2.35. The molecule has 144 valence electrons. The van der Waals surface area contributed by atoms with Gasteiger partial charge in [-0.2, -0.15) is 4.31 Å². The Morgan fingerprint density at radius 3 is 2.42 bits per heavy atom. The van der Waals surface area contributed by atoms with E-state index in [4.69, 9.17) is 5.11 Å². The molecule has 0 atom stereocenters. The normalized spacial score (nSPS) is 16.6. The number of ether oxygens (including phenoxy) is 1. The number of carbonyl (C=O) groups is 2. The van der Waals surface area contributed by atoms with E-state index in [0.717, 1.165) is 0 Å². The van der Waals surface area contributed by atoms with Gasteiger partial charge >= 0.3 is 11.9 Å². The summed E-state index contributed by atoms with van der Waals surface area (Å²) in [5.74, 6) is -1.41. The third-order valence-electron chi connectivity index (χ3n) is 4.65. The van der Waals surface area contributed by atoms with Gasteiger partial charge < -0.3 is 9.84 Å². The molecule has 1 aromatic carbocycles. The number of sulfonamides is 1. The first-order valence-corrected chi connectivity index (χ1v) is 9.72. The van der Waals surface area contributed by atoms with Crippen molar-refractivity contribution < 1.29 is 27.9 Å². The molecule has 1 aromatic rings. The predicted octanol–water partition coefficient (Wildman–Crippen LogP) is 0.951. The molecule has 1 aliphatic heterocycles. The van der Waals surface area contributed by atoms with Gasteiger partial charge in [0, 0.05) is 19.1 Å². The molecule has 1 N–H and O–H groups in total. The number of hydrogen-bond donors (Lipinski definition) is 1. The second kappa shape index (κ2) is 8.15. The summed E-state index contributed by atoms with van der Waals surface area (Å²) in [6.45, 7) is 2.24. The van der Waals surface area contributed by atoms with Crippen LogP contribution in [-0.2, 0) is 19.6 Å². The Morgan fingerprint density at radius 1 is 1.31 bits per heavy atom. The molecule has 0 spiro atoms. The number of benzene rings is 1. The van der Waals surface area contributed by atoms with Crippen LogP contribution < -0.4 is 0 Å². The zero-order chi connectivity index (χ0) is 19.5. The minimum Gasteiger partial charge on any atom is -0.480 e. The summed E-state index contributed by atoms with van der Waals surface area (Å²) in [5.41, 5.74) is 0.788. The molecular formula is C17H24N2O6S. The van der Waals surface area contributed by atoms with Gasteiger partial charge in [-0.25, -0.2) is 13.2 Å². The lowest BCUT2D eigenvalue weighted by Crippen LogP contribution is -2.46. The van der Waals surface area contributed by atoms with Crippen molar-refractivity contribution in [2.45, 2.75) is 30.7 Å². The molecule has 0 bridgehead atoms. The number of carboxylic acid groups (broad SMARTS) is 1. The average Bonchev–Trinajstić information content (AvgIpc) is 2.60. The summed E-state index contributed by atoms with van der Waals surface area (Å²) in [4.78, 5) is 24.3. The second-order valence-electron chi connectivity index (χ2n) is 6.42. The van der Waals surface area contributed by atoms with Crippen LogP contribution in [-0.4, -0.2) is 74.5 Å². The number of nitrogens with zero attached hydrogens (tertiary/aromatic N) is 2. The van der Waals surface area contributed by atoms with Crippen molar-refractivity contribution in [3.63, 3.8) is 0 Å². The van der Waals surface area contributed by atoms with Crippen molar-refractivity contribution >= 4 is 22.0 Å². The fourth-order valence-electron chi connectivity index (χ4n) is 3.19. The van der Waals surface area contributed by atoms with Crippen LogP contribution in [0.2, 0.25) is 0 Å². The molecule has 0 aliphatic carbocycles. The van der Waals surface area contributed by atoms with Gasteiger partial charge in [0.15, 0.2) is 0 Å². The number of hydrogen-bond acceptors (Lipinski definition) is 6. The summed E-state index contributed by atoms with van der Waals surface area (Å²) in [5, 5.41) is 8.87. The maximum atomic E-state index is 12.9. The van der Waals surface area contributed by atoms with Gasteiger partial charge in [0.05, 0.1) is 24.1 Å². The van der Waals surface area contributed by atoms with Gasteiger partial charge in [-0.15, -0.1) is 0 Å². The van der Waals surface area contributed by atoms with Crippen LogP contribution in [0.1, 0.15) is 28.8 Å². The van der Waals surface area contributed by atoms with Crippen molar-refractivity contribution in [2.24, 2.45) is 0 Å². The fourth-order valence-corrected chi connectivity index (χ4v) is 4.86. The molecule has 2 rings (SSSR count). The van der Waals surface area contributed by atoms with Crippen LogP contribution in [0.5, 0.6) is 0 Å². The Labute approximate surface area is 153 Å². The largest absolute Gasteiger partial charge is 0.480 e. The Bertz CT molecular complexity index is 784. The number of rotatable bonds is 6. The molecule has 0 saturated carbocycles. The van der Waals surface area contributed by atoms with Gasteiger partial charge in [0.2, 0.25) is 10.0 Å². The molecule has 1 heterocycles. The predicted molar refractivity (Wildman–Crippen MR) is 94.6 cm³/mol. The number of methoxy groups -OCH3 is 1. The average molecular weight is 384 g/mol. The molecule has 0 radical (unpaired) electrons. The van der Waals surface area contributed by atoms with Crippen LogP contribution in [0.3, 0.4) is 0 Å². The lowest BCUT2D eigenvalue weighted by molar-refractivity contribution is -0.138. The summed E-state index contributed by atoms with van der Waals surface area (Å²) in [6, 6.07) is 4.42. The molecule has 1 fully saturated rings. The highest BCUT2D eigenvalue weighted by Crippen LogP contribution is 2.25. The van der Waals surface area contributed by atoms with Crippen molar-refractivity contribution in [3.8, 4) is 0 Å². The number of piperidine rings is 1. The van der Waals surface area contributed by atoms with Crippen LogP contribution in [0.15, 0.2) is 23.1 Å². The summed E-state index contributed by atoms with van der Waals surface area (Å²) >= 11 is 0. The van der Waals surface area contributed by atoms with Gasteiger partial charge in [-0.3, -0.25) is 9.69 Å². The van der Waals surface area contributed by atoms with E-state index in [1.165, 1.54) is 29.6 Å². The van der Waals surface area contributed by atoms with E-state index in [1.807, 2.05) is 0 Å². The quantitative estimate of drug-likeness (QED) is 0.728. The number of esters is 1. The molecule has 0 unspecified atom stereocenters. The van der Waals surface area contributed by atoms with E-state index in [9.17, 15) is 18.0 Å². The Balaban J connectivity index is 2.12. The van der Waals surface area contributed by atoms with Crippen molar-refractivity contribution in [2.75, 3.05) is 33.8 Å². The van der Waals surface area contributed by atoms with Gasteiger partial charge in [-0.05, 0) is 50.6 Å². The summed E-state index contributed by atoms with van der Waals surface area (Å²) < 4.78 is 31.9. The van der Waals surface area contributed by atoms with Gasteiger partial charge in [-0.1, -0.05) is 0 Å². The topological polar surface area (TPSA) is 104 Å². The van der Waals surface area contributed by atoms with E-state index in [-0.39, 0.29) is 17.5 Å². The number of likely N-dealkylation sites (N-methyl/N-ethyl adjacent to an activating group) is 1. The standard InChI is InChI=1S/C17H24N2O6S/c1-12-10-13(17(22)25-3)4-5-15(12)26(23,24)19-8-6-14(7-9-19)18(2)11-16(20)21/h4-5,10,14H,6-9,11H2,1-3H3,(H,20,21). The van der Waals surface area contributed by atoms with Crippen LogP contribution in [0, 0.1) is 6.92 Å². The van der Waals surface area contributed by atoms with Crippen LogP contribution in [0.4, 0.5) is 0 Å². The number of aliphatic carboxylic acids is 1. The summed E-state index contributed by atoms with van der Waals surface area (Å²) in [7, 11) is -0.661. The second-order valence-corrected chi connectivity index (χ2v) is 8.32. The van der Waals surface area contributed by atoms with Crippen LogP contribution >= 0.6 is 0 Å². The Morgan fingerprint density at radius 2 is 1.92 bits per heavy atom. The highest BCUT2D eigenvalue weighted by Gasteiger charge is 2.32. The smallest absolute Gasteiger partial charge is 0.337 e. The maximum absolute atomic E-state index is 12.9. The highest BCUT2D eigenvalue weighted by atomic mass is 32.2. The number of carbonyl (C=O) groups excluding carboxylic acids is 1. The van der Waals surface area contributed by atoms with Gasteiger partial charge in [0.25, 0.3) is 0 Å². The third-order valence-corrected chi connectivity index (χ3v) is 6.70. The van der Waals surface area contributed by atoms with E-state index < -0.39 is 22.0 Å². The molecule has 1 aliphatic rings. The third kappa shape index (κ3) is 4.40. The van der Waals surface area contributed by atoms with Crippen molar-refractivity contribution in [1.82, 2.24) is 9.21 Å². The zero-order valence-electron chi connectivity index (χ0n) is 15.1. The SMILES string of the molecule is COC(=O)c1ccc(S(=O)(=O)N2CCC(N(C)CC(=O)O)CC2)c(C)c1. The van der Waals surface area contributed by atoms with E-state index in [0.29, 0.717) is 37.1 Å². The Kier molecular flexibility index (Phi) is 6.38. The highest BCUT2D eigenvalue weighted by molar-refractivity contribution is 7.89. The first-order chi connectivity index (χ1) is 12.2. The molecule has 8 nitrogen and oxygen atoms in total. The number of aryl methyl sites for hydroxylation is 1. The minimum atomic E-state index is -3.67. The van der Waals surface area contributed by atoms with E-state index in [2.05, 4.69) is 4.74 Å². The molecule has 0 aromatic heterocycles. The molecule has 1 saturated heterocycles. The first kappa shape index (κ1) is 20.3. The summed E-state index contributed by atoms with van der Waals surface area (Å²) in [6.07, 6.45) is 1.14. The zero-order valence-corrected chi connectivity index (χ0v) is 16.0. The first-order valence-electron chi connectivity index (χ1n) is 8.28. The van der Waals surface area contributed by atoms with E-state index in [1.54, 1.807) is 18.9 Å². The monoisotopic (exact) mass is 384 g/mol. The molecule has 9 heteroatoms. The lowest BCUT2D eigenvalue weighted by atomic mass is 10.1. The van der Waals surface area contributed by atoms with Crippen molar-refractivity contribution in [1.29, 1.82) is 0 Å².